The zero-order valence-electron chi connectivity index (χ0n) is 17.2. The highest BCUT2D eigenvalue weighted by atomic mass is 16.5. The molecule has 0 saturated carbocycles. The Labute approximate surface area is 163 Å². The second-order valence-corrected chi connectivity index (χ2v) is 7.02. The van der Waals surface area contributed by atoms with Crippen molar-refractivity contribution in [1.29, 1.82) is 0 Å². The number of imidazole rings is 1. The Morgan fingerprint density at radius 2 is 2.04 bits per heavy atom. The summed E-state index contributed by atoms with van der Waals surface area (Å²) in [6.07, 6.45) is 3.13. The molecule has 3 N–H and O–H groups in total. The average molecular weight is 374 g/mol. The molecule has 6 heteroatoms. The fourth-order valence-corrected chi connectivity index (χ4v) is 3.06. The van der Waals surface area contributed by atoms with Crippen LogP contribution in [0.25, 0.3) is 11.0 Å². The van der Waals surface area contributed by atoms with Crippen molar-refractivity contribution in [2.75, 3.05) is 26.2 Å². The molecule has 1 unspecified atom stereocenters. The molecule has 2 rings (SSSR count). The predicted octanol–water partition coefficient (Wildman–Crippen LogP) is 3.50. The quantitative estimate of drug-likeness (QED) is 0.320. The highest BCUT2D eigenvalue weighted by Crippen LogP contribution is 2.11. The van der Waals surface area contributed by atoms with E-state index in [0.717, 1.165) is 68.3 Å². The number of rotatable bonds is 11. The zero-order chi connectivity index (χ0) is 19.5. The maximum atomic E-state index is 5.81. The minimum atomic E-state index is 0.290. The van der Waals surface area contributed by atoms with Gasteiger partial charge < -0.3 is 20.4 Å². The van der Waals surface area contributed by atoms with E-state index in [1.807, 2.05) is 18.2 Å². The Hall–Kier alpha value is -2.08. The van der Waals surface area contributed by atoms with Crippen molar-refractivity contribution in [1.82, 2.24) is 20.6 Å². The van der Waals surface area contributed by atoms with E-state index in [-0.39, 0.29) is 0 Å². The van der Waals surface area contributed by atoms with E-state index < -0.39 is 0 Å². The van der Waals surface area contributed by atoms with Gasteiger partial charge in [-0.3, -0.25) is 4.99 Å². The zero-order valence-corrected chi connectivity index (χ0v) is 17.2. The van der Waals surface area contributed by atoms with Gasteiger partial charge in [0.25, 0.3) is 0 Å². The highest BCUT2D eigenvalue weighted by molar-refractivity contribution is 5.79. The Kier molecular flexibility index (Phi) is 9.11. The smallest absolute Gasteiger partial charge is 0.191 e. The predicted molar refractivity (Wildman–Crippen MR) is 113 cm³/mol. The van der Waals surface area contributed by atoms with Crippen LogP contribution in [0.4, 0.5) is 0 Å². The minimum Gasteiger partial charge on any atom is -0.378 e. The van der Waals surface area contributed by atoms with Gasteiger partial charge in [-0.25, -0.2) is 4.98 Å². The van der Waals surface area contributed by atoms with Crippen LogP contribution in [0.3, 0.4) is 0 Å². The number of guanidine groups is 1. The summed E-state index contributed by atoms with van der Waals surface area (Å²) in [6.45, 7) is 11.8. The molecule has 0 bridgehead atoms. The van der Waals surface area contributed by atoms with Gasteiger partial charge in [-0.05, 0) is 44.7 Å². The van der Waals surface area contributed by atoms with Crippen molar-refractivity contribution in [3.8, 4) is 0 Å². The van der Waals surface area contributed by atoms with Gasteiger partial charge >= 0.3 is 0 Å². The van der Waals surface area contributed by atoms with E-state index in [4.69, 9.17) is 4.74 Å². The normalized spacial score (nSPS) is 13.3. The SMILES string of the molecule is CCNC(=NCCCc1nc2ccccc2[nH]1)NCCC(OCC)C(C)C. The molecule has 2 aromatic rings. The molecule has 0 radical (unpaired) electrons. The first-order valence-electron chi connectivity index (χ1n) is 10.2. The molecular formula is C21H35N5O. The highest BCUT2D eigenvalue weighted by Gasteiger charge is 2.12. The number of aromatic nitrogens is 2. The molecule has 0 saturated heterocycles. The topological polar surface area (TPSA) is 74.3 Å². The maximum Gasteiger partial charge on any atom is 0.191 e. The number of aromatic amines is 1. The summed E-state index contributed by atoms with van der Waals surface area (Å²) in [5.41, 5.74) is 2.13. The molecule has 6 nitrogen and oxygen atoms in total. The number of fused-ring (bicyclic) bond motifs is 1. The van der Waals surface area contributed by atoms with Crippen LogP contribution < -0.4 is 10.6 Å². The number of hydrogen-bond acceptors (Lipinski definition) is 3. The van der Waals surface area contributed by atoms with Gasteiger partial charge in [0.2, 0.25) is 0 Å². The van der Waals surface area contributed by atoms with Crippen molar-refractivity contribution < 1.29 is 4.74 Å². The Morgan fingerprint density at radius 1 is 1.22 bits per heavy atom. The lowest BCUT2D eigenvalue weighted by Gasteiger charge is -2.21. The van der Waals surface area contributed by atoms with Crippen LogP contribution in [0.15, 0.2) is 29.3 Å². The maximum absolute atomic E-state index is 5.81. The Morgan fingerprint density at radius 3 is 2.74 bits per heavy atom. The molecule has 1 aromatic carbocycles. The lowest BCUT2D eigenvalue weighted by molar-refractivity contribution is 0.0258. The number of aliphatic imine (C=N–C) groups is 1. The van der Waals surface area contributed by atoms with Crippen LogP contribution in [0.5, 0.6) is 0 Å². The number of para-hydroxylation sites is 2. The first kappa shape index (κ1) is 21.2. The molecule has 1 atom stereocenters. The molecule has 0 aliphatic rings. The van der Waals surface area contributed by atoms with Crippen molar-refractivity contribution in [3.63, 3.8) is 0 Å². The standard InChI is InChI=1S/C21H35N5O/c1-5-22-21(24-15-13-19(16(3)4)27-6-2)23-14-9-12-20-25-17-10-7-8-11-18(17)26-20/h7-8,10-11,16,19H,5-6,9,12-15H2,1-4H3,(H,25,26)(H2,22,23,24). The van der Waals surface area contributed by atoms with Crippen molar-refractivity contribution in [3.05, 3.63) is 30.1 Å². The molecule has 1 heterocycles. The molecule has 0 aliphatic heterocycles. The lowest BCUT2D eigenvalue weighted by Crippen LogP contribution is -2.39. The molecule has 0 aliphatic carbocycles. The molecule has 0 amide bonds. The molecule has 150 valence electrons. The number of aryl methyl sites for hydroxylation is 1. The fraction of sp³-hybridized carbons (Fsp3) is 0.619. The van der Waals surface area contributed by atoms with E-state index >= 15 is 0 Å². The van der Waals surface area contributed by atoms with Crippen molar-refractivity contribution >= 4 is 17.0 Å². The second-order valence-electron chi connectivity index (χ2n) is 7.02. The summed E-state index contributed by atoms with van der Waals surface area (Å²) >= 11 is 0. The van der Waals surface area contributed by atoms with Crippen LogP contribution >= 0.6 is 0 Å². The number of ether oxygens (including phenoxy) is 1. The van der Waals surface area contributed by atoms with E-state index in [0.29, 0.717) is 12.0 Å². The minimum absolute atomic E-state index is 0.290. The first-order valence-corrected chi connectivity index (χ1v) is 10.2. The summed E-state index contributed by atoms with van der Waals surface area (Å²) in [5.74, 6) is 2.43. The van der Waals surface area contributed by atoms with Gasteiger partial charge in [0.15, 0.2) is 5.96 Å². The summed E-state index contributed by atoms with van der Waals surface area (Å²) < 4.78 is 5.81. The van der Waals surface area contributed by atoms with Gasteiger partial charge in [-0.2, -0.15) is 0 Å². The van der Waals surface area contributed by atoms with Gasteiger partial charge in [-0.1, -0.05) is 26.0 Å². The summed E-state index contributed by atoms with van der Waals surface area (Å²) in [5, 5.41) is 6.73. The monoisotopic (exact) mass is 373 g/mol. The Balaban J connectivity index is 1.76. The number of H-pyrrole nitrogens is 1. The molecule has 1 aromatic heterocycles. The number of nitrogens with zero attached hydrogens (tertiary/aromatic N) is 2. The van der Waals surface area contributed by atoms with Gasteiger partial charge in [0.05, 0.1) is 17.1 Å². The van der Waals surface area contributed by atoms with Crippen LogP contribution in [-0.2, 0) is 11.2 Å². The van der Waals surface area contributed by atoms with Crippen LogP contribution in [-0.4, -0.2) is 48.3 Å². The number of hydrogen-bond donors (Lipinski definition) is 3. The number of nitrogens with one attached hydrogen (secondary N) is 3. The van der Waals surface area contributed by atoms with Crippen molar-refractivity contribution in [2.45, 2.75) is 53.1 Å². The van der Waals surface area contributed by atoms with Crippen LogP contribution in [0, 0.1) is 5.92 Å². The van der Waals surface area contributed by atoms with E-state index in [9.17, 15) is 0 Å². The third-order valence-electron chi connectivity index (χ3n) is 4.47. The van der Waals surface area contributed by atoms with Gasteiger partial charge in [0.1, 0.15) is 5.82 Å². The van der Waals surface area contributed by atoms with Gasteiger partial charge in [0, 0.05) is 32.7 Å². The van der Waals surface area contributed by atoms with Crippen LogP contribution in [0.2, 0.25) is 0 Å². The van der Waals surface area contributed by atoms with E-state index in [1.54, 1.807) is 0 Å². The Bertz CT molecular complexity index is 662. The summed E-state index contributed by atoms with van der Waals surface area (Å²) in [6, 6.07) is 8.14. The second kappa shape index (κ2) is 11.6. The fourth-order valence-electron chi connectivity index (χ4n) is 3.06. The summed E-state index contributed by atoms with van der Waals surface area (Å²) in [4.78, 5) is 12.7. The van der Waals surface area contributed by atoms with Gasteiger partial charge in [-0.15, -0.1) is 0 Å². The van der Waals surface area contributed by atoms with E-state index in [1.165, 1.54) is 0 Å². The number of benzene rings is 1. The lowest BCUT2D eigenvalue weighted by atomic mass is 10.0. The van der Waals surface area contributed by atoms with E-state index in [2.05, 4.69) is 59.4 Å². The molecule has 27 heavy (non-hydrogen) atoms. The molecule has 0 fully saturated rings. The average Bonchev–Trinajstić information content (AvgIpc) is 3.07. The van der Waals surface area contributed by atoms with Crippen molar-refractivity contribution in [2.24, 2.45) is 10.9 Å². The van der Waals surface area contributed by atoms with Crippen LogP contribution in [0.1, 0.15) is 46.4 Å². The largest absolute Gasteiger partial charge is 0.378 e. The molecule has 0 spiro atoms. The summed E-state index contributed by atoms with van der Waals surface area (Å²) in [7, 11) is 0. The first-order chi connectivity index (χ1) is 13.1. The third-order valence-corrected chi connectivity index (χ3v) is 4.47. The molecular weight excluding hydrogens is 338 g/mol. The third kappa shape index (κ3) is 7.21.